The maximum atomic E-state index is 13.3. The lowest BCUT2D eigenvalue weighted by Crippen LogP contribution is -2.37. The summed E-state index contributed by atoms with van der Waals surface area (Å²) in [5, 5.41) is 3.17. The van der Waals surface area contributed by atoms with Gasteiger partial charge in [0.25, 0.3) is 11.5 Å². The molecular formula is C29H32N6O3S. The summed E-state index contributed by atoms with van der Waals surface area (Å²) < 4.78 is 7.46. The highest BCUT2D eigenvalue weighted by molar-refractivity contribution is 7.20. The van der Waals surface area contributed by atoms with Crippen molar-refractivity contribution >= 4 is 44.8 Å². The van der Waals surface area contributed by atoms with Gasteiger partial charge in [0.15, 0.2) is 5.82 Å². The number of para-hydroxylation sites is 1. The number of carbonyl (C=O) groups excluding carboxylic acids is 1. The van der Waals surface area contributed by atoms with Gasteiger partial charge in [-0.3, -0.25) is 14.2 Å². The van der Waals surface area contributed by atoms with Crippen LogP contribution in [0.15, 0.2) is 59.4 Å². The Morgan fingerprint density at radius 2 is 1.97 bits per heavy atom. The van der Waals surface area contributed by atoms with Gasteiger partial charge in [0.2, 0.25) is 0 Å². The first-order valence-electron chi connectivity index (χ1n) is 13.3. The number of likely N-dealkylation sites (tertiary alicyclic amines) is 1. The molecule has 1 amide bonds. The summed E-state index contributed by atoms with van der Waals surface area (Å²) in [6.45, 7) is 8.51. The number of ether oxygens (including phenoxy) is 1. The maximum Gasteiger partial charge on any atom is 0.298 e. The van der Waals surface area contributed by atoms with Gasteiger partial charge in [-0.15, -0.1) is 11.3 Å². The summed E-state index contributed by atoms with van der Waals surface area (Å²) in [6, 6.07) is 17.6. The highest BCUT2D eigenvalue weighted by Gasteiger charge is 2.26. The maximum absolute atomic E-state index is 13.3. The number of nitrogens with one attached hydrogen (secondary N) is 1. The van der Waals surface area contributed by atoms with Crippen LogP contribution in [0.1, 0.15) is 29.9 Å². The van der Waals surface area contributed by atoms with E-state index in [1.807, 2.05) is 48.5 Å². The van der Waals surface area contributed by atoms with Gasteiger partial charge in [-0.25, -0.2) is 4.98 Å². The third kappa shape index (κ3) is 4.97. The fraction of sp³-hybridized carbons (Fsp3) is 0.345. The van der Waals surface area contributed by atoms with Crippen LogP contribution in [0.25, 0.3) is 16.0 Å². The van der Waals surface area contributed by atoms with Crippen LogP contribution in [0.4, 0.5) is 17.2 Å². The molecule has 4 heterocycles. The van der Waals surface area contributed by atoms with E-state index in [1.54, 1.807) is 10.6 Å². The zero-order chi connectivity index (χ0) is 27.1. The molecule has 10 heteroatoms. The quantitative estimate of drug-likeness (QED) is 0.378. The molecule has 1 fully saturated rings. The number of aromatic nitrogens is 2. The van der Waals surface area contributed by atoms with Crippen molar-refractivity contribution < 1.29 is 9.53 Å². The summed E-state index contributed by atoms with van der Waals surface area (Å²) in [6.07, 6.45) is 0.925. The number of hydrogen-bond donors (Lipinski definition) is 2. The van der Waals surface area contributed by atoms with E-state index in [2.05, 4.69) is 33.9 Å². The van der Waals surface area contributed by atoms with E-state index in [-0.39, 0.29) is 17.8 Å². The number of nitrogens with zero attached hydrogens (tertiary/aromatic N) is 4. The monoisotopic (exact) mass is 544 g/mol. The molecular weight excluding hydrogens is 512 g/mol. The second-order valence-corrected chi connectivity index (χ2v) is 11.6. The molecule has 1 atom stereocenters. The Labute approximate surface area is 230 Å². The van der Waals surface area contributed by atoms with Crippen molar-refractivity contribution in [3.05, 3.63) is 69.8 Å². The molecule has 6 rings (SSSR count). The first kappa shape index (κ1) is 25.4. The normalized spacial score (nSPS) is 17.4. The average Bonchev–Trinajstić information content (AvgIpc) is 3.55. The highest BCUT2D eigenvalue weighted by Crippen LogP contribution is 2.38. The first-order valence-corrected chi connectivity index (χ1v) is 14.1. The van der Waals surface area contributed by atoms with Crippen LogP contribution in [0.3, 0.4) is 0 Å². The number of amides is 1. The number of fused-ring (bicyclic) bond motifs is 2. The minimum Gasteiger partial charge on any atom is -0.490 e. The van der Waals surface area contributed by atoms with Gasteiger partial charge in [-0.1, -0.05) is 32.0 Å². The van der Waals surface area contributed by atoms with Crippen LogP contribution in [0.5, 0.6) is 5.75 Å². The molecule has 2 aromatic carbocycles. The topological polar surface area (TPSA) is 106 Å². The molecule has 3 N–H and O–H groups in total. The van der Waals surface area contributed by atoms with E-state index in [0.29, 0.717) is 40.0 Å². The predicted octanol–water partition coefficient (Wildman–Crippen LogP) is 4.02. The van der Waals surface area contributed by atoms with Gasteiger partial charge in [0.05, 0.1) is 28.3 Å². The first-order chi connectivity index (χ1) is 18.9. The van der Waals surface area contributed by atoms with Crippen molar-refractivity contribution in [2.75, 3.05) is 43.4 Å². The Hall–Kier alpha value is -3.89. The summed E-state index contributed by atoms with van der Waals surface area (Å²) in [5.41, 5.74) is 8.74. The Balaban J connectivity index is 1.34. The lowest BCUT2D eigenvalue weighted by atomic mass is 10.1. The van der Waals surface area contributed by atoms with E-state index in [4.69, 9.17) is 10.5 Å². The molecule has 2 aromatic heterocycles. The Morgan fingerprint density at radius 3 is 2.77 bits per heavy atom. The third-order valence-corrected chi connectivity index (χ3v) is 8.18. The molecule has 4 aromatic rings. The van der Waals surface area contributed by atoms with Crippen LogP contribution in [0.2, 0.25) is 0 Å². The zero-order valence-corrected chi connectivity index (χ0v) is 22.9. The summed E-state index contributed by atoms with van der Waals surface area (Å²) in [4.78, 5) is 36.5. The lowest BCUT2D eigenvalue weighted by molar-refractivity contribution is 0.0941. The van der Waals surface area contributed by atoms with E-state index in [0.717, 1.165) is 43.2 Å². The largest absolute Gasteiger partial charge is 0.490 e. The second kappa shape index (κ2) is 10.3. The van der Waals surface area contributed by atoms with Crippen LogP contribution < -0.4 is 26.2 Å². The molecule has 9 nitrogen and oxygen atoms in total. The molecule has 1 saturated heterocycles. The molecule has 0 bridgehead atoms. The van der Waals surface area contributed by atoms with Gasteiger partial charge >= 0.3 is 0 Å². The third-order valence-electron chi connectivity index (χ3n) is 7.17. The van der Waals surface area contributed by atoms with E-state index < -0.39 is 5.56 Å². The number of carbonyl (C=O) groups is 1. The van der Waals surface area contributed by atoms with Gasteiger partial charge in [-0.05, 0) is 48.7 Å². The van der Waals surface area contributed by atoms with Gasteiger partial charge in [0.1, 0.15) is 17.2 Å². The fourth-order valence-corrected chi connectivity index (χ4v) is 6.40. The van der Waals surface area contributed by atoms with Crippen LogP contribution >= 0.6 is 11.3 Å². The molecule has 0 radical (unpaired) electrons. The Morgan fingerprint density at radius 1 is 1.15 bits per heavy atom. The highest BCUT2D eigenvalue weighted by atomic mass is 32.1. The van der Waals surface area contributed by atoms with Crippen LogP contribution in [-0.4, -0.2) is 59.2 Å². The molecule has 202 valence electrons. The number of rotatable bonds is 6. The number of nitrogen functional groups attached to an aromatic ring is 1. The van der Waals surface area contributed by atoms with Crippen molar-refractivity contribution in [3.63, 3.8) is 0 Å². The second-order valence-electron chi connectivity index (χ2n) is 10.5. The Bertz CT molecular complexity index is 1580. The van der Waals surface area contributed by atoms with Crippen LogP contribution in [0, 0.1) is 5.92 Å². The molecule has 0 unspecified atom stereocenters. The summed E-state index contributed by atoms with van der Waals surface area (Å²) in [7, 11) is 0. The molecule has 0 spiro atoms. The zero-order valence-electron chi connectivity index (χ0n) is 22.1. The number of thiophene rings is 1. The number of nitrogens with two attached hydrogens (primary N) is 1. The summed E-state index contributed by atoms with van der Waals surface area (Å²) in [5.74, 6) is 1.07. The van der Waals surface area contributed by atoms with E-state index >= 15 is 0 Å². The summed E-state index contributed by atoms with van der Waals surface area (Å²) >= 11 is 1.25. The molecule has 0 saturated carbocycles. The van der Waals surface area contributed by atoms with E-state index in [9.17, 15) is 9.59 Å². The standard InChI is InChI=1S/C29H32N6O3S/c1-18(2)16-33-11-10-19(17-33)31-27(36)25-15-23-28(39-25)32-26(30)29(37)35(23)21-8-9-24-22(14-21)34(12-13-38-24)20-6-4-3-5-7-20/h3-9,14-15,18-19H,10-13,16-17H2,1-2H3,(H2,30,32)(H,31,36)/t19-/m0/s1. The minimum atomic E-state index is -0.421. The Kier molecular flexibility index (Phi) is 6.74. The molecule has 2 aliphatic heterocycles. The van der Waals surface area contributed by atoms with Crippen molar-refractivity contribution in [2.45, 2.75) is 26.3 Å². The molecule has 0 aliphatic carbocycles. The molecule has 2 aliphatic rings. The van der Waals surface area contributed by atoms with Gasteiger partial charge in [0, 0.05) is 31.4 Å². The fourth-order valence-electron chi connectivity index (χ4n) is 5.47. The lowest BCUT2D eigenvalue weighted by Gasteiger charge is -2.31. The van der Waals surface area contributed by atoms with Crippen molar-refractivity contribution in [3.8, 4) is 11.4 Å². The minimum absolute atomic E-state index is 0.103. The van der Waals surface area contributed by atoms with Crippen LogP contribution in [-0.2, 0) is 0 Å². The van der Waals surface area contributed by atoms with Crippen molar-refractivity contribution in [1.29, 1.82) is 0 Å². The van der Waals surface area contributed by atoms with Gasteiger partial charge in [-0.2, -0.15) is 0 Å². The van der Waals surface area contributed by atoms with Crippen molar-refractivity contribution in [1.82, 2.24) is 19.8 Å². The SMILES string of the molecule is CC(C)CN1CC[C@H](NC(=O)c2cc3c(nc(N)c(=O)n3-c3ccc4c(c3)N(c3ccccc3)CCO4)s2)C1. The smallest absolute Gasteiger partial charge is 0.298 e. The number of anilines is 3. The van der Waals surface area contributed by atoms with Crippen molar-refractivity contribution in [2.24, 2.45) is 5.92 Å². The number of hydrogen-bond acceptors (Lipinski definition) is 8. The predicted molar refractivity (Wildman–Crippen MR) is 156 cm³/mol. The number of benzene rings is 2. The average molecular weight is 545 g/mol. The van der Waals surface area contributed by atoms with Gasteiger partial charge < -0.3 is 25.6 Å². The van der Waals surface area contributed by atoms with E-state index in [1.165, 1.54) is 11.3 Å². The molecule has 39 heavy (non-hydrogen) atoms.